The summed E-state index contributed by atoms with van der Waals surface area (Å²) >= 11 is 0. The molecule has 2 aromatic carbocycles. The highest BCUT2D eigenvalue weighted by atomic mass is 79.9. The van der Waals surface area contributed by atoms with Crippen molar-refractivity contribution >= 4 is 22.4 Å². The van der Waals surface area contributed by atoms with Crippen LogP contribution in [-0.2, 0) is 0 Å². The number of nitro groups is 1. The Balaban J connectivity index is 0.00000261. The van der Waals surface area contributed by atoms with E-state index in [1.165, 1.54) is 19.2 Å². The highest BCUT2D eigenvalue weighted by molar-refractivity contribution is 5.98. The first kappa shape index (κ1) is 20.5. The molecule has 3 aromatic rings. The number of aromatic nitrogens is 1. The Morgan fingerprint density at radius 3 is 2.56 bits per heavy atom. The molecule has 27 heavy (non-hydrogen) atoms. The summed E-state index contributed by atoms with van der Waals surface area (Å²) in [7, 11) is 1.36. The van der Waals surface area contributed by atoms with E-state index in [1.807, 2.05) is 48.0 Å². The van der Waals surface area contributed by atoms with Gasteiger partial charge in [0, 0.05) is 36.1 Å². The second kappa shape index (κ2) is 8.26. The van der Waals surface area contributed by atoms with Crippen molar-refractivity contribution < 1.29 is 36.0 Å². The second-order valence-corrected chi connectivity index (χ2v) is 6.11. The third-order valence-electron chi connectivity index (χ3n) is 4.55. The van der Waals surface area contributed by atoms with E-state index in [2.05, 4.69) is 0 Å². The molecule has 1 atom stereocenters. The first-order valence-corrected chi connectivity index (χ1v) is 8.20. The molecule has 0 aliphatic carbocycles. The molecule has 1 aromatic heterocycles. The van der Waals surface area contributed by atoms with Crippen LogP contribution in [0.5, 0.6) is 5.75 Å². The Morgan fingerprint density at radius 1 is 1.19 bits per heavy atom. The number of nitrogens with zero attached hydrogens (tertiary/aromatic N) is 2. The quantitative estimate of drug-likeness (QED) is 0.259. The summed E-state index contributed by atoms with van der Waals surface area (Å²) in [6.07, 6.45) is 1.87. The van der Waals surface area contributed by atoms with Crippen LogP contribution in [0.4, 0.5) is 5.69 Å². The topological polar surface area (TPSA) is 73.3 Å². The molecular formula is C20H19BrN2O4. The van der Waals surface area contributed by atoms with Gasteiger partial charge < -0.3 is 21.7 Å². The molecule has 3 rings (SSSR count). The van der Waals surface area contributed by atoms with Crippen LogP contribution < -0.4 is 26.3 Å². The number of aryl methyl sites for hydroxylation is 1. The fourth-order valence-corrected chi connectivity index (χ4v) is 3.09. The van der Waals surface area contributed by atoms with E-state index < -0.39 is 11.0 Å². The van der Waals surface area contributed by atoms with Gasteiger partial charge >= 0.3 is 5.69 Å². The summed E-state index contributed by atoms with van der Waals surface area (Å²) < 4.78 is 6.89. The van der Waals surface area contributed by atoms with Gasteiger partial charge in [0.1, 0.15) is 0 Å². The molecule has 0 N–H and O–H groups in total. The van der Waals surface area contributed by atoms with E-state index in [-0.39, 0.29) is 39.8 Å². The fraction of sp³-hybridized carbons (Fsp3) is 0.200. The maximum absolute atomic E-state index is 13.0. The normalized spacial score (nSPS) is 11.5. The first-order chi connectivity index (χ1) is 12.4. The molecule has 1 unspecified atom stereocenters. The molecule has 7 heteroatoms. The number of benzene rings is 2. The average molecular weight is 431 g/mol. The van der Waals surface area contributed by atoms with Crippen LogP contribution >= 0.6 is 0 Å². The Hall–Kier alpha value is -2.80. The van der Waals surface area contributed by atoms with Crippen molar-refractivity contribution in [3.05, 3.63) is 76.0 Å². The van der Waals surface area contributed by atoms with Gasteiger partial charge in [0.05, 0.1) is 12.0 Å². The summed E-state index contributed by atoms with van der Waals surface area (Å²) in [6, 6.07) is 13.6. The highest BCUT2D eigenvalue weighted by Gasteiger charge is 2.28. The zero-order chi connectivity index (χ0) is 18.8. The number of carbonyl (C=O) groups excluding carboxylic acids is 1. The van der Waals surface area contributed by atoms with E-state index in [4.69, 9.17) is 4.74 Å². The zero-order valence-electron chi connectivity index (χ0n) is 15.2. The Kier molecular flexibility index (Phi) is 6.28. The molecule has 0 radical (unpaired) electrons. The minimum absolute atomic E-state index is 0. The molecule has 1 heterocycles. The molecule has 0 amide bonds. The number of fused-ring (bicyclic) bond motifs is 1. The SMILES string of the molecule is COc1ccc(C(=O)C(C)[n+]2ccc(C)c3ccccc32)cc1[N+](=O)[O-].[Br-]. The monoisotopic (exact) mass is 430 g/mol. The van der Waals surface area contributed by atoms with Gasteiger partial charge in [-0.1, -0.05) is 12.1 Å². The summed E-state index contributed by atoms with van der Waals surface area (Å²) in [5.74, 6) is -0.0672. The lowest BCUT2D eigenvalue weighted by Crippen LogP contribution is -3.00. The number of hydrogen-bond donors (Lipinski definition) is 0. The van der Waals surface area contributed by atoms with Crippen molar-refractivity contribution in [1.82, 2.24) is 0 Å². The van der Waals surface area contributed by atoms with Crippen molar-refractivity contribution in [3.8, 4) is 5.75 Å². The average Bonchev–Trinajstić information content (AvgIpc) is 2.67. The standard InChI is InChI=1S/C20H19N2O4.BrH/c1-13-10-11-21(17-7-5-4-6-16(13)17)14(2)20(23)15-8-9-19(26-3)18(12-15)22(24)25;/h4-12,14H,1-3H3;1H/q+1;/p-1. The number of rotatable bonds is 5. The van der Waals surface area contributed by atoms with Crippen LogP contribution in [-0.4, -0.2) is 17.8 Å². The summed E-state index contributed by atoms with van der Waals surface area (Å²) in [5.41, 5.74) is 2.12. The van der Waals surface area contributed by atoms with Crippen LogP contribution in [0.2, 0.25) is 0 Å². The Labute approximate surface area is 167 Å². The van der Waals surface area contributed by atoms with Crippen molar-refractivity contribution in [1.29, 1.82) is 0 Å². The first-order valence-electron chi connectivity index (χ1n) is 8.20. The lowest BCUT2D eigenvalue weighted by molar-refractivity contribution is -0.679. The van der Waals surface area contributed by atoms with Crippen LogP contribution in [0.1, 0.15) is 28.9 Å². The molecule has 0 fully saturated rings. The van der Waals surface area contributed by atoms with Gasteiger partial charge in [0.25, 0.3) is 0 Å². The predicted octanol–water partition coefficient (Wildman–Crippen LogP) is 0.800. The molecule has 0 bridgehead atoms. The van der Waals surface area contributed by atoms with Crippen LogP contribution in [0, 0.1) is 17.0 Å². The molecule has 0 spiro atoms. The smallest absolute Gasteiger partial charge is 0.311 e. The lowest BCUT2D eigenvalue weighted by atomic mass is 10.0. The number of carbonyl (C=O) groups is 1. The van der Waals surface area contributed by atoms with Crippen LogP contribution in [0.15, 0.2) is 54.7 Å². The van der Waals surface area contributed by atoms with Crippen LogP contribution in [0.3, 0.4) is 0 Å². The number of para-hydroxylation sites is 1. The van der Waals surface area contributed by atoms with E-state index in [1.54, 1.807) is 13.0 Å². The van der Waals surface area contributed by atoms with E-state index in [0.717, 1.165) is 16.5 Å². The van der Waals surface area contributed by atoms with Gasteiger partial charge in [0.2, 0.25) is 17.3 Å². The third-order valence-corrected chi connectivity index (χ3v) is 4.55. The summed E-state index contributed by atoms with van der Waals surface area (Å²) in [6.45, 7) is 3.81. The van der Waals surface area contributed by atoms with Crippen molar-refractivity contribution in [2.24, 2.45) is 0 Å². The second-order valence-electron chi connectivity index (χ2n) is 6.11. The molecule has 0 saturated heterocycles. The molecular weight excluding hydrogens is 412 g/mol. The van der Waals surface area contributed by atoms with Crippen molar-refractivity contribution in [3.63, 3.8) is 0 Å². The molecule has 0 aliphatic heterocycles. The fourth-order valence-electron chi connectivity index (χ4n) is 3.09. The van der Waals surface area contributed by atoms with Gasteiger partial charge in [0.15, 0.2) is 11.9 Å². The van der Waals surface area contributed by atoms with Crippen molar-refractivity contribution in [2.45, 2.75) is 19.9 Å². The molecule has 0 saturated carbocycles. The number of nitro benzene ring substituents is 1. The van der Waals surface area contributed by atoms with Crippen molar-refractivity contribution in [2.75, 3.05) is 7.11 Å². The number of ketones is 1. The largest absolute Gasteiger partial charge is 1.00 e. The zero-order valence-corrected chi connectivity index (χ0v) is 16.8. The Bertz CT molecular complexity index is 1020. The molecule has 6 nitrogen and oxygen atoms in total. The maximum atomic E-state index is 13.0. The lowest BCUT2D eigenvalue weighted by Gasteiger charge is -2.10. The number of pyridine rings is 1. The number of methoxy groups -OCH3 is 1. The number of halogens is 1. The molecule has 0 aliphatic rings. The Morgan fingerprint density at radius 2 is 1.89 bits per heavy atom. The maximum Gasteiger partial charge on any atom is 0.311 e. The highest BCUT2D eigenvalue weighted by Crippen LogP contribution is 2.28. The number of Topliss-reactive ketones (excluding diaryl/α,β-unsaturated/α-hetero) is 1. The minimum atomic E-state index is -0.547. The van der Waals surface area contributed by atoms with Gasteiger partial charge in [-0.25, -0.2) is 0 Å². The summed E-state index contributed by atoms with van der Waals surface area (Å²) in [4.78, 5) is 23.6. The van der Waals surface area contributed by atoms with Gasteiger partial charge in [-0.15, -0.1) is 0 Å². The molecule has 140 valence electrons. The summed E-state index contributed by atoms with van der Waals surface area (Å²) in [5, 5.41) is 12.3. The van der Waals surface area contributed by atoms with E-state index in [0.29, 0.717) is 0 Å². The third kappa shape index (κ3) is 3.83. The minimum Gasteiger partial charge on any atom is -1.00 e. The van der Waals surface area contributed by atoms with E-state index in [9.17, 15) is 14.9 Å². The van der Waals surface area contributed by atoms with E-state index >= 15 is 0 Å². The predicted molar refractivity (Wildman–Crippen MR) is 97.6 cm³/mol. The van der Waals surface area contributed by atoms with Crippen LogP contribution in [0.25, 0.3) is 10.9 Å². The number of ether oxygens (including phenoxy) is 1. The van der Waals surface area contributed by atoms with Gasteiger partial charge in [-0.3, -0.25) is 14.9 Å². The van der Waals surface area contributed by atoms with Gasteiger partial charge in [-0.2, -0.15) is 4.57 Å². The van der Waals surface area contributed by atoms with Gasteiger partial charge in [-0.05, 0) is 30.7 Å². The number of hydrogen-bond acceptors (Lipinski definition) is 4.